The number of hydrogen-bond acceptors (Lipinski definition) is 10. The van der Waals surface area contributed by atoms with Gasteiger partial charge >= 0.3 is 5.97 Å². The predicted octanol–water partition coefficient (Wildman–Crippen LogP) is 3.18. The zero-order valence-corrected chi connectivity index (χ0v) is 25.6. The van der Waals surface area contributed by atoms with Crippen LogP contribution in [0, 0.1) is 18.8 Å². The van der Waals surface area contributed by atoms with E-state index >= 15 is 0 Å². The van der Waals surface area contributed by atoms with E-state index in [1.54, 1.807) is 32.0 Å². The molecule has 2 aromatic rings. The fourth-order valence-corrected chi connectivity index (χ4v) is 5.93. The van der Waals surface area contributed by atoms with Gasteiger partial charge in [-0.3, -0.25) is 13.4 Å². The van der Waals surface area contributed by atoms with Crippen LogP contribution in [0.3, 0.4) is 0 Å². The summed E-state index contributed by atoms with van der Waals surface area (Å²) in [6.07, 6.45) is 0.836. The molecule has 0 unspecified atom stereocenters. The van der Waals surface area contributed by atoms with Crippen LogP contribution in [0.15, 0.2) is 41.3 Å². The van der Waals surface area contributed by atoms with Crippen LogP contribution in [0.25, 0.3) is 0 Å². The molecule has 13 heteroatoms. The van der Waals surface area contributed by atoms with Crippen LogP contribution in [0.1, 0.15) is 55.6 Å². The molecule has 1 saturated heterocycles. The number of hydrogen-bond donors (Lipinski definition) is 2. The zero-order valence-electron chi connectivity index (χ0n) is 24.8. The van der Waals surface area contributed by atoms with Gasteiger partial charge in [0.15, 0.2) is 0 Å². The number of rotatable bonds is 16. The Bertz CT molecular complexity index is 1380. The molecule has 2 aliphatic rings. The van der Waals surface area contributed by atoms with E-state index in [0.29, 0.717) is 12.3 Å². The van der Waals surface area contributed by atoms with Gasteiger partial charge in [-0.05, 0) is 62.3 Å². The molecular formula is C30H40FN3O8S. The third kappa shape index (κ3) is 7.81. The molecule has 0 bridgehead atoms. The smallest absolute Gasteiger partial charge is 0.331 e. The Morgan fingerprint density at radius 2 is 1.81 bits per heavy atom. The van der Waals surface area contributed by atoms with Crippen molar-refractivity contribution in [2.24, 2.45) is 11.8 Å². The van der Waals surface area contributed by atoms with Gasteiger partial charge < -0.3 is 24.8 Å². The van der Waals surface area contributed by atoms with E-state index in [4.69, 9.17) is 13.7 Å². The number of aliphatic hydroxyl groups excluding tert-OH is 1. The Morgan fingerprint density at radius 3 is 2.42 bits per heavy atom. The van der Waals surface area contributed by atoms with Gasteiger partial charge in [0.1, 0.15) is 23.0 Å². The number of pyridine rings is 1. The van der Waals surface area contributed by atoms with Crippen molar-refractivity contribution >= 4 is 27.7 Å². The number of halogens is 1. The van der Waals surface area contributed by atoms with Crippen LogP contribution in [0.2, 0.25) is 0 Å². The molecule has 1 saturated carbocycles. The van der Waals surface area contributed by atoms with E-state index in [1.165, 1.54) is 18.2 Å². The summed E-state index contributed by atoms with van der Waals surface area (Å²) in [7, 11) is -3.94. The molecule has 1 aliphatic heterocycles. The van der Waals surface area contributed by atoms with E-state index in [2.05, 4.69) is 10.3 Å². The fourth-order valence-electron chi connectivity index (χ4n) is 4.87. The molecule has 2 fully saturated rings. The second kappa shape index (κ2) is 14.0. The van der Waals surface area contributed by atoms with Crippen molar-refractivity contribution in [3.63, 3.8) is 0 Å². The molecule has 0 radical (unpaired) electrons. The standard InChI is InChI=1S/C30H40FN3O8S/c1-4-30(5-2,29(37)40-14-6-13-31)33-27(36)25-11-12-26(28(32-25)41-19-22-15-21(22)18-35)34-16-23(17-34)42-43(38,39)24-9-7-20(3)8-10-24/h7-12,21-23,35H,4-6,13-19H2,1-3H3,(H,33,36)/t21-,22-/m0/s1. The van der Waals surface area contributed by atoms with E-state index < -0.39 is 40.3 Å². The van der Waals surface area contributed by atoms with Crippen molar-refractivity contribution in [1.29, 1.82) is 0 Å². The first-order chi connectivity index (χ1) is 20.6. The minimum Gasteiger partial charge on any atom is -0.476 e. The summed E-state index contributed by atoms with van der Waals surface area (Å²) < 4.78 is 54.6. The number of ether oxygens (including phenoxy) is 2. The SMILES string of the molecule is CCC(CC)(NC(=O)c1ccc(N2CC(OS(=O)(=O)c3ccc(C)cc3)C2)c(OC[C@@H]2C[C@H]2CO)n1)C(=O)OCCCF. The van der Waals surface area contributed by atoms with Crippen molar-refractivity contribution in [3.8, 4) is 5.88 Å². The number of aryl methyl sites for hydroxylation is 1. The molecule has 236 valence electrons. The second-order valence-electron chi connectivity index (χ2n) is 11.1. The molecule has 0 spiro atoms. The summed E-state index contributed by atoms with van der Waals surface area (Å²) in [4.78, 5) is 32.5. The molecule has 1 aromatic carbocycles. The molecule has 4 rings (SSSR count). The maximum atomic E-state index is 13.3. The number of anilines is 1. The number of aliphatic hydroxyl groups is 1. The van der Waals surface area contributed by atoms with Gasteiger partial charge in [-0.25, -0.2) is 9.78 Å². The molecule has 2 heterocycles. The van der Waals surface area contributed by atoms with Crippen molar-refractivity contribution in [2.75, 3.05) is 44.5 Å². The highest BCUT2D eigenvalue weighted by atomic mass is 32.2. The van der Waals surface area contributed by atoms with Gasteiger partial charge in [-0.1, -0.05) is 31.5 Å². The average molecular weight is 622 g/mol. The van der Waals surface area contributed by atoms with E-state index in [0.717, 1.165) is 12.0 Å². The van der Waals surface area contributed by atoms with Gasteiger partial charge in [0, 0.05) is 26.1 Å². The number of benzene rings is 1. The molecule has 11 nitrogen and oxygen atoms in total. The number of nitrogens with zero attached hydrogens (tertiary/aromatic N) is 2. The molecule has 2 N–H and O–H groups in total. The minimum atomic E-state index is -3.94. The predicted molar refractivity (Wildman–Crippen MR) is 156 cm³/mol. The van der Waals surface area contributed by atoms with Gasteiger partial charge in [0.25, 0.3) is 16.0 Å². The Kier molecular flexibility index (Phi) is 10.6. The number of nitrogens with one attached hydrogen (secondary N) is 1. The molecule has 43 heavy (non-hydrogen) atoms. The third-order valence-corrected chi connectivity index (χ3v) is 9.41. The Morgan fingerprint density at radius 1 is 1.12 bits per heavy atom. The highest BCUT2D eigenvalue weighted by Gasteiger charge is 2.40. The Labute approximate surface area is 251 Å². The number of alkyl halides is 1. The third-order valence-electron chi connectivity index (χ3n) is 8.03. The van der Waals surface area contributed by atoms with Crippen LogP contribution in [-0.4, -0.2) is 81.6 Å². The lowest BCUT2D eigenvalue weighted by Gasteiger charge is -2.40. The molecule has 1 aromatic heterocycles. The number of carbonyl (C=O) groups is 2. The summed E-state index contributed by atoms with van der Waals surface area (Å²) in [5.41, 5.74) is 0.216. The summed E-state index contributed by atoms with van der Waals surface area (Å²) in [5, 5.41) is 12.2. The van der Waals surface area contributed by atoms with Gasteiger partial charge in [-0.2, -0.15) is 8.42 Å². The van der Waals surface area contributed by atoms with Crippen LogP contribution in [0.4, 0.5) is 10.1 Å². The number of aromatic nitrogens is 1. The van der Waals surface area contributed by atoms with E-state index in [9.17, 15) is 27.5 Å². The zero-order chi connectivity index (χ0) is 31.2. The summed E-state index contributed by atoms with van der Waals surface area (Å²) >= 11 is 0. The van der Waals surface area contributed by atoms with Gasteiger partial charge in [0.05, 0.1) is 24.8 Å². The summed E-state index contributed by atoms with van der Waals surface area (Å²) in [6.45, 7) is 5.55. The van der Waals surface area contributed by atoms with Crippen LogP contribution < -0.4 is 15.0 Å². The summed E-state index contributed by atoms with van der Waals surface area (Å²) in [5.74, 6) is -0.738. The van der Waals surface area contributed by atoms with Crippen LogP contribution in [-0.2, 0) is 23.8 Å². The topological polar surface area (TPSA) is 144 Å². The lowest BCUT2D eigenvalue weighted by atomic mass is 9.92. The lowest BCUT2D eigenvalue weighted by Crippen LogP contribution is -2.55. The second-order valence-corrected chi connectivity index (χ2v) is 12.7. The molecule has 1 aliphatic carbocycles. The number of esters is 1. The first-order valence-corrected chi connectivity index (χ1v) is 16.0. The van der Waals surface area contributed by atoms with E-state index in [-0.39, 0.29) is 73.9 Å². The summed E-state index contributed by atoms with van der Waals surface area (Å²) in [6, 6.07) is 9.60. The van der Waals surface area contributed by atoms with Crippen LogP contribution >= 0.6 is 0 Å². The van der Waals surface area contributed by atoms with E-state index in [1.807, 2.05) is 11.8 Å². The van der Waals surface area contributed by atoms with Gasteiger partial charge in [0.2, 0.25) is 5.88 Å². The van der Waals surface area contributed by atoms with Crippen molar-refractivity contribution < 1.29 is 41.2 Å². The number of amides is 1. The van der Waals surface area contributed by atoms with Gasteiger partial charge in [-0.15, -0.1) is 0 Å². The monoisotopic (exact) mass is 621 g/mol. The lowest BCUT2D eigenvalue weighted by molar-refractivity contribution is -0.152. The largest absolute Gasteiger partial charge is 0.476 e. The molecular weight excluding hydrogens is 581 g/mol. The molecule has 1 amide bonds. The number of carbonyl (C=O) groups excluding carboxylic acids is 2. The first-order valence-electron chi connectivity index (χ1n) is 14.6. The highest BCUT2D eigenvalue weighted by molar-refractivity contribution is 7.86. The molecule has 2 atom stereocenters. The minimum absolute atomic E-state index is 0.0198. The quantitative estimate of drug-likeness (QED) is 0.163. The average Bonchev–Trinajstić information content (AvgIpc) is 3.75. The van der Waals surface area contributed by atoms with Crippen molar-refractivity contribution in [3.05, 3.63) is 47.7 Å². The maximum absolute atomic E-state index is 13.3. The first kappa shape index (κ1) is 32.6. The highest BCUT2D eigenvalue weighted by Crippen LogP contribution is 2.39. The van der Waals surface area contributed by atoms with Crippen molar-refractivity contribution in [2.45, 2.75) is 63.0 Å². The van der Waals surface area contributed by atoms with Crippen molar-refractivity contribution in [1.82, 2.24) is 10.3 Å². The normalized spacial score (nSPS) is 18.6. The Balaban J connectivity index is 1.48. The Hall–Kier alpha value is -3.29. The van der Waals surface area contributed by atoms with Crippen LogP contribution in [0.5, 0.6) is 5.88 Å². The fraction of sp³-hybridized carbons (Fsp3) is 0.567. The maximum Gasteiger partial charge on any atom is 0.331 e.